The topological polar surface area (TPSA) is 99.6 Å². The van der Waals surface area contributed by atoms with E-state index in [4.69, 9.17) is 18.5 Å². The quantitative estimate of drug-likeness (QED) is 0.636. The van der Waals surface area contributed by atoms with E-state index >= 15 is 0 Å². The summed E-state index contributed by atoms with van der Waals surface area (Å²) < 4.78 is 21.8. The first-order valence-corrected chi connectivity index (χ1v) is 9.85. The Morgan fingerprint density at radius 2 is 1.83 bits per heavy atom. The first kappa shape index (κ1) is 19.0. The van der Waals surface area contributed by atoms with E-state index < -0.39 is 0 Å². The van der Waals surface area contributed by atoms with Gasteiger partial charge in [0.05, 0.1) is 13.2 Å². The molecule has 0 atom stereocenters. The van der Waals surface area contributed by atoms with E-state index in [1.807, 2.05) is 32.0 Å². The minimum atomic E-state index is -0.360. The second-order valence-electron chi connectivity index (χ2n) is 6.70. The van der Waals surface area contributed by atoms with E-state index in [2.05, 4.69) is 15.6 Å². The molecular formula is C21H23N3O5. The van der Waals surface area contributed by atoms with Gasteiger partial charge in [0.1, 0.15) is 11.5 Å². The Kier molecular flexibility index (Phi) is 5.50. The van der Waals surface area contributed by atoms with Gasteiger partial charge in [0.25, 0.3) is 5.91 Å². The fourth-order valence-corrected chi connectivity index (χ4v) is 3.41. The molecule has 3 aromatic rings. The van der Waals surface area contributed by atoms with Crippen molar-refractivity contribution in [2.24, 2.45) is 0 Å². The van der Waals surface area contributed by atoms with Crippen LogP contribution in [0, 0.1) is 0 Å². The number of fused-ring (bicyclic) bond motifs is 1. The zero-order valence-corrected chi connectivity index (χ0v) is 16.5. The number of rotatable bonds is 7. The lowest BCUT2D eigenvalue weighted by Gasteiger charge is -2.11. The molecule has 0 radical (unpaired) electrons. The summed E-state index contributed by atoms with van der Waals surface area (Å²) in [4.78, 5) is 12.6. The number of carbonyl (C=O) groups excluding carboxylic acids is 1. The third-order valence-electron chi connectivity index (χ3n) is 4.75. The summed E-state index contributed by atoms with van der Waals surface area (Å²) in [6, 6.07) is 7.20. The van der Waals surface area contributed by atoms with Crippen LogP contribution in [0.4, 0.5) is 5.88 Å². The molecule has 0 aliphatic heterocycles. The SMILES string of the molecule is CCOc1ccc(-c2cc(NC(=O)c3noc4c3CCCC4)on2)cc1OCC. The maximum atomic E-state index is 12.6. The van der Waals surface area contributed by atoms with Crippen molar-refractivity contribution in [3.63, 3.8) is 0 Å². The summed E-state index contributed by atoms with van der Waals surface area (Å²) >= 11 is 0. The third-order valence-corrected chi connectivity index (χ3v) is 4.75. The highest BCUT2D eigenvalue weighted by Crippen LogP contribution is 2.33. The highest BCUT2D eigenvalue weighted by Gasteiger charge is 2.25. The normalized spacial score (nSPS) is 13.0. The predicted octanol–water partition coefficient (Wildman–Crippen LogP) is 4.26. The second-order valence-corrected chi connectivity index (χ2v) is 6.70. The van der Waals surface area contributed by atoms with E-state index in [-0.39, 0.29) is 11.8 Å². The van der Waals surface area contributed by atoms with Crippen LogP contribution in [-0.4, -0.2) is 29.4 Å². The number of hydrogen-bond acceptors (Lipinski definition) is 7. The Hall–Kier alpha value is -3.29. The number of amides is 1. The Labute approximate surface area is 168 Å². The minimum Gasteiger partial charge on any atom is -0.490 e. The third kappa shape index (κ3) is 3.96. The van der Waals surface area contributed by atoms with Gasteiger partial charge in [-0.1, -0.05) is 10.3 Å². The van der Waals surface area contributed by atoms with Crippen LogP contribution in [0.2, 0.25) is 0 Å². The number of benzene rings is 1. The van der Waals surface area contributed by atoms with E-state index in [9.17, 15) is 4.79 Å². The van der Waals surface area contributed by atoms with Crippen LogP contribution < -0.4 is 14.8 Å². The molecule has 2 aromatic heterocycles. The van der Waals surface area contributed by atoms with Crippen molar-refractivity contribution in [2.75, 3.05) is 18.5 Å². The van der Waals surface area contributed by atoms with Crippen molar-refractivity contribution in [3.8, 4) is 22.8 Å². The van der Waals surface area contributed by atoms with Gasteiger partial charge in [-0.05, 0) is 51.3 Å². The van der Waals surface area contributed by atoms with Crippen LogP contribution in [0.3, 0.4) is 0 Å². The smallest absolute Gasteiger partial charge is 0.280 e. The molecule has 0 fully saturated rings. The standard InChI is InChI=1S/C21H23N3O5/c1-3-26-17-10-9-13(11-18(17)27-4-2)15-12-19(29-23-15)22-21(25)20-14-7-5-6-8-16(14)28-24-20/h9-12H,3-8H2,1-2H3,(H,22,25). The van der Waals surface area contributed by atoms with Crippen LogP contribution in [0.1, 0.15) is 48.5 Å². The lowest BCUT2D eigenvalue weighted by atomic mass is 9.96. The molecule has 2 heterocycles. The average Bonchev–Trinajstić information content (AvgIpc) is 3.37. The molecule has 1 aliphatic carbocycles. The van der Waals surface area contributed by atoms with Crippen molar-refractivity contribution in [2.45, 2.75) is 39.5 Å². The number of hydrogen-bond donors (Lipinski definition) is 1. The zero-order chi connectivity index (χ0) is 20.2. The minimum absolute atomic E-state index is 0.240. The number of nitrogens with zero attached hydrogens (tertiary/aromatic N) is 2. The van der Waals surface area contributed by atoms with E-state index in [0.29, 0.717) is 36.1 Å². The summed E-state index contributed by atoms with van der Waals surface area (Å²) in [6.45, 7) is 4.90. The van der Waals surface area contributed by atoms with E-state index in [1.54, 1.807) is 6.07 Å². The summed E-state index contributed by atoms with van der Waals surface area (Å²) in [7, 11) is 0. The predicted molar refractivity (Wildman–Crippen MR) is 105 cm³/mol. The molecule has 8 nitrogen and oxygen atoms in total. The van der Waals surface area contributed by atoms with Crippen molar-refractivity contribution in [1.82, 2.24) is 10.3 Å². The molecule has 0 unspecified atom stereocenters. The molecular weight excluding hydrogens is 374 g/mol. The Bertz CT molecular complexity index is 1010. The number of aryl methyl sites for hydroxylation is 1. The Balaban J connectivity index is 1.52. The van der Waals surface area contributed by atoms with Gasteiger partial charge >= 0.3 is 0 Å². The molecule has 4 rings (SSSR count). The van der Waals surface area contributed by atoms with Crippen LogP contribution in [0.5, 0.6) is 11.5 Å². The maximum Gasteiger partial charge on any atom is 0.280 e. The monoisotopic (exact) mass is 397 g/mol. The summed E-state index contributed by atoms with van der Waals surface area (Å²) in [6.07, 6.45) is 3.71. The zero-order valence-electron chi connectivity index (χ0n) is 16.5. The first-order chi connectivity index (χ1) is 14.2. The average molecular weight is 397 g/mol. The molecule has 152 valence electrons. The molecule has 0 bridgehead atoms. The number of anilines is 1. The van der Waals surface area contributed by atoms with Crippen LogP contribution >= 0.6 is 0 Å². The largest absolute Gasteiger partial charge is 0.490 e. The molecule has 1 aliphatic rings. The van der Waals surface area contributed by atoms with Crippen molar-refractivity contribution < 1.29 is 23.3 Å². The fraction of sp³-hybridized carbons (Fsp3) is 0.381. The molecule has 29 heavy (non-hydrogen) atoms. The van der Waals surface area contributed by atoms with Gasteiger partial charge in [-0.3, -0.25) is 10.1 Å². The first-order valence-electron chi connectivity index (χ1n) is 9.85. The van der Waals surface area contributed by atoms with Gasteiger partial charge < -0.3 is 18.5 Å². The number of aromatic nitrogens is 2. The van der Waals surface area contributed by atoms with Gasteiger partial charge in [-0.25, -0.2) is 0 Å². The molecule has 0 spiro atoms. The summed E-state index contributed by atoms with van der Waals surface area (Å²) in [5, 5.41) is 10.7. The fourth-order valence-electron chi connectivity index (χ4n) is 3.41. The molecule has 0 saturated carbocycles. The van der Waals surface area contributed by atoms with Gasteiger partial charge in [0.2, 0.25) is 5.88 Å². The van der Waals surface area contributed by atoms with Crippen molar-refractivity contribution >= 4 is 11.8 Å². The number of nitrogens with one attached hydrogen (secondary N) is 1. The summed E-state index contributed by atoms with van der Waals surface area (Å²) in [5.74, 6) is 1.99. The molecule has 1 aromatic carbocycles. The molecule has 8 heteroatoms. The lowest BCUT2D eigenvalue weighted by Crippen LogP contribution is -2.15. The highest BCUT2D eigenvalue weighted by atomic mass is 16.5. The van der Waals surface area contributed by atoms with Gasteiger partial charge in [-0.2, -0.15) is 0 Å². The van der Waals surface area contributed by atoms with Gasteiger partial charge in [0, 0.05) is 23.6 Å². The molecule has 1 amide bonds. The van der Waals surface area contributed by atoms with E-state index in [0.717, 1.165) is 42.6 Å². The second kappa shape index (κ2) is 8.38. The van der Waals surface area contributed by atoms with Crippen LogP contribution in [-0.2, 0) is 12.8 Å². The molecule has 1 N–H and O–H groups in total. The number of carbonyl (C=O) groups is 1. The van der Waals surface area contributed by atoms with Crippen molar-refractivity contribution in [1.29, 1.82) is 0 Å². The molecule has 0 saturated heterocycles. The Morgan fingerprint density at radius 1 is 1.03 bits per heavy atom. The van der Waals surface area contributed by atoms with Gasteiger partial charge in [-0.15, -0.1) is 0 Å². The van der Waals surface area contributed by atoms with E-state index in [1.165, 1.54) is 0 Å². The van der Waals surface area contributed by atoms with Crippen LogP contribution in [0.25, 0.3) is 11.3 Å². The lowest BCUT2D eigenvalue weighted by molar-refractivity contribution is 0.101. The van der Waals surface area contributed by atoms with Crippen LogP contribution in [0.15, 0.2) is 33.3 Å². The summed E-state index contributed by atoms with van der Waals surface area (Å²) in [5.41, 5.74) is 2.57. The number of ether oxygens (including phenoxy) is 2. The Morgan fingerprint density at radius 3 is 2.66 bits per heavy atom. The maximum absolute atomic E-state index is 12.6. The van der Waals surface area contributed by atoms with Gasteiger partial charge in [0.15, 0.2) is 17.2 Å². The highest BCUT2D eigenvalue weighted by molar-refractivity contribution is 6.03. The van der Waals surface area contributed by atoms with Crippen molar-refractivity contribution in [3.05, 3.63) is 41.3 Å².